The number of Topliss-reactive ketones (excluding diaryl/α,β-unsaturated/α-hetero) is 1. The molecule has 2 heteroatoms. The fraction of sp³-hybridized carbons (Fsp3) is 0.0690. The van der Waals surface area contributed by atoms with Gasteiger partial charge in [0.15, 0.2) is 5.78 Å². The Hall–Kier alpha value is -3.75. The van der Waals surface area contributed by atoms with Crippen molar-refractivity contribution < 1.29 is 9.90 Å². The highest BCUT2D eigenvalue weighted by Crippen LogP contribution is 2.56. The molecule has 2 atom stereocenters. The summed E-state index contributed by atoms with van der Waals surface area (Å²) in [5, 5.41) is 12.5. The first-order valence-electron chi connectivity index (χ1n) is 10.4. The van der Waals surface area contributed by atoms with Crippen molar-refractivity contribution in [3.8, 4) is 0 Å². The molecule has 0 saturated carbocycles. The van der Waals surface area contributed by atoms with Gasteiger partial charge in [0.05, 0.1) is 5.92 Å². The lowest BCUT2D eigenvalue weighted by Crippen LogP contribution is -2.34. The van der Waals surface area contributed by atoms with Crippen molar-refractivity contribution in [2.75, 3.05) is 0 Å². The van der Waals surface area contributed by atoms with E-state index in [0.29, 0.717) is 16.7 Å². The van der Waals surface area contributed by atoms with E-state index in [0.717, 1.165) is 16.7 Å². The maximum absolute atomic E-state index is 14.1. The largest absolute Gasteiger partial charge is 0.379 e. The van der Waals surface area contributed by atoms with Crippen molar-refractivity contribution in [2.45, 2.75) is 11.5 Å². The van der Waals surface area contributed by atoms with Gasteiger partial charge in [-0.1, -0.05) is 121 Å². The molecule has 4 aromatic rings. The zero-order valence-corrected chi connectivity index (χ0v) is 17.0. The van der Waals surface area contributed by atoms with Crippen molar-refractivity contribution in [3.63, 3.8) is 0 Å². The summed E-state index contributed by atoms with van der Waals surface area (Å²) in [6, 6.07) is 38.6. The number of hydrogen-bond acceptors (Lipinski definition) is 2. The molecular formula is C29H22O2. The minimum Gasteiger partial charge on any atom is -0.379 e. The number of carbonyl (C=O) groups excluding carboxylic acids is 1. The van der Waals surface area contributed by atoms with E-state index in [9.17, 15) is 9.90 Å². The van der Waals surface area contributed by atoms with E-state index in [4.69, 9.17) is 0 Å². The van der Waals surface area contributed by atoms with Gasteiger partial charge in [-0.2, -0.15) is 0 Å². The molecule has 1 aliphatic rings. The Morgan fingerprint density at radius 3 is 1.58 bits per heavy atom. The lowest BCUT2D eigenvalue weighted by Gasteiger charge is -2.33. The molecule has 0 saturated heterocycles. The van der Waals surface area contributed by atoms with Crippen LogP contribution in [0.1, 0.15) is 28.2 Å². The molecule has 2 unspecified atom stereocenters. The zero-order valence-electron chi connectivity index (χ0n) is 17.0. The van der Waals surface area contributed by atoms with Gasteiger partial charge in [0.1, 0.15) is 5.60 Å². The number of allylic oxidation sites excluding steroid dienone is 1. The standard InChI is InChI=1S/C29H22O2/c30-28-25(21-13-5-1-6-14-21)26(22-15-7-2-8-16-22)29(31,24-19-11-4-12-20-24)27(28)23-17-9-3-10-18-23/h1-20,27,31H. The van der Waals surface area contributed by atoms with Crippen molar-refractivity contribution in [3.05, 3.63) is 144 Å². The molecule has 0 fully saturated rings. The van der Waals surface area contributed by atoms with Crippen LogP contribution in [0.3, 0.4) is 0 Å². The Morgan fingerprint density at radius 1 is 0.581 bits per heavy atom. The second-order valence-electron chi connectivity index (χ2n) is 7.82. The van der Waals surface area contributed by atoms with E-state index in [2.05, 4.69) is 0 Å². The molecule has 1 N–H and O–H groups in total. The van der Waals surface area contributed by atoms with Crippen molar-refractivity contribution in [2.24, 2.45) is 0 Å². The van der Waals surface area contributed by atoms with Gasteiger partial charge in [-0.15, -0.1) is 0 Å². The average molecular weight is 402 g/mol. The minimum atomic E-state index is -1.49. The van der Waals surface area contributed by atoms with Gasteiger partial charge in [0.25, 0.3) is 0 Å². The summed E-state index contributed by atoms with van der Waals surface area (Å²) < 4.78 is 0. The van der Waals surface area contributed by atoms with E-state index in [1.165, 1.54) is 0 Å². The van der Waals surface area contributed by atoms with E-state index in [1.807, 2.05) is 121 Å². The van der Waals surface area contributed by atoms with Crippen molar-refractivity contribution in [1.82, 2.24) is 0 Å². The van der Waals surface area contributed by atoms with Gasteiger partial charge >= 0.3 is 0 Å². The number of hydrogen-bond donors (Lipinski definition) is 1. The number of ketones is 1. The average Bonchev–Trinajstić information content (AvgIpc) is 3.09. The maximum atomic E-state index is 14.1. The summed E-state index contributed by atoms with van der Waals surface area (Å²) in [6.45, 7) is 0. The lowest BCUT2D eigenvalue weighted by molar-refractivity contribution is -0.118. The quantitative estimate of drug-likeness (QED) is 0.465. The molecule has 0 spiro atoms. The Bertz CT molecular complexity index is 1230. The normalized spacial score (nSPS) is 20.8. The second-order valence-corrected chi connectivity index (χ2v) is 7.82. The molecule has 0 radical (unpaired) electrons. The monoisotopic (exact) mass is 402 g/mol. The highest BCUT2D eigenvalue weighted by Gasteiger charge is 2.54. The minimum absolute atomic E-state index is 0.0670. The van der Waals surface area contributed by atoms with Crippen LogP contribution in [0.25, 0.3) is 11.1 Å². The lowest BCUT2D eigenvalue weighted by atomic mass is 9.74. The highest BCUT2D eigenvalue weighted by molar-refractivity contribution is 6.35. The van der Waals surface area contributed by atoms with Crippen LogP contribution in [0.2, 0.25) is 0 Å². The highest BCUT2D eigenvalue weighted by atomic mass is 16.3. The number of aliphatic hydroxyl groups is 1. The molecule has 0 aliphatic heterocycles. The first-order valence-corrected chi connectivity index (χ1v) is 10.4. The van der Waals surface area contributed by atoms with Crippen molar-refractivity contribution >= 4 is 16.9 Å². The Labute approximate surface area is 182 Å². The predicted molar refractivity (Wildman–Crippen MR) is 124 cm³/mol. The van der Waals surface area contributed by atoms with Crippen LogP contribution in [-0.2, 0) is 10.4 Å². The number of rotatable bonds is 4. The topological polar surface area (TPSA) is 37.3 Å². The number of carbonyl (C=O) groups is 1. The van der Waals surface area contributed by atoms with Crippen LogP contribution in [0, 0.1) is 0 Å². The molecule has 5 rings (SSSR count). The van der Waals surface area contributed by atoms with Gasteiger partial charge in [-0.05, 0) is 22.3 Å². The van der Waals surface area contributed by atoms with Gasteiger partial charge in [0.2, 0.25) is 0 Å². The van der Waals surface area contributed by atoms with Crippen LogP contribution in [-0.4, -0.2) is 10.9 Å². The molecule has 150 valence electrons. The molecule has 0 amide bonds. The molecule has 0 heterocycles. The van der Waals surface area contributed by atoms with Crippen LogP contribution >= 0.6 is 0 Å². The number of benzene rings is 4. The van der Waals surface area contributed by atoms with Crippen molar-refractivity contribution in [1.29, 1.82) is 0 Å². The smallest absolute Gasteiger partial charge is 0.174 e. The third-order valence-corrected chi connectivity index (χ3v) is 6.03. The molecule has 4 aromatic carbocycles. The van der Waals surface area contributed by atoms with Crippen LogP contribution in [0.15, 0.2) is 121 Å². The molecule has 31 heavy (non-hydrogen) atoms. The summed E-state index contributed by atoms with van der Waals surface area (Å²) in [5.41, 5.74) is 2.92. The molecular weight excluding hydrogens is 380 g/mol. The summed E-state index contributed by atoms with van der Waals surface area (Å²) in [5.74, 6) is -0.802. The van der Waals surface area contributed by atoms with E-state index < -0.39 is 11.5 Å². The molecule has 1 aliphatic carbocycles. The molecule has 0 bridgehead atoms. The first kappa shape index (κ1) is 19.2. The van der Waals surface area contributed by atoms with Crippen LogP contribution in [0.5, 0.6) is 0 Å². The van der Waals surface area contributed by atoms with Gasteiger partial charge in [0, 0.05) is 11.1 Å². The maximum Gasteiger partial charge on any atom is 0.174 e. The van der Waals surface area contributed by atoms with Gasteiger partial charge in [-0.25, -0.2) is 0 Å². The van der Waals surface area contributed by atoms with Crippen LogP contribution in [0.4, 0.5) is 0 Å². The fourth-order valence-electron chi connectivity index (χ4n) is 4.69. The summed E-state index contributed by atoms with van der Waals surface area (Å²) in [7, 11) is 0. The zero-order chi connectivity index (χ0) is 21.3. The third kappa shape index (κ3) is 3.13. The fourth-order valence-corrected chi connectivity index (χ4v) is 4.69. The SMILES string of the molecule is O=C1C(c2ccccc2)=C(c2ccccc2)C(O)(c2ccccc2)C1c1ccccc1. The summed E-state index contributed by atoms with van der Waals surface area (Å²) in [4.78, 5) is 14.1. The summed E-state index contributed by atoms with van der Waals surface area (Å²) in [6.07, 6.45) is 0. The van der Waals surface area contributed by atoms with E-state index in [1.54, 1.807) is 0 Å². The molecule has 0 aromatic heterocycles. The Balaban J connectivity index is 1.87. The predicted octanol–water partition coefficient (Wildman–Crippen LogP) is 5.85. The van der Waals surface area contributed by atoms with E-state index in [-0.39, 0.29) is 5.78 Å². The molecule has 2 nitrogen and oxygen atoms in total. The van der Waals surface area contributed by atoms with Gasteiger partial charge in [-0.3, -0.25) is 4.79 Å². The first-order chi connectivity index (χ1) is 15.2. The van der Waals surface area contributed by atoms with E-state index >= 15 is 0 Å². The second kappa shape index (κ2) is 7.82. The Kier molecular flexibility index (Phi) is 4.85. The van der Waals surface area contributed by atoms with Gasteiger partial charge < -0.3 is 5.11 Å². The Morgan fingerprint density at radius 2 is 1.03 bits per heavy atom. The summed E-state index contributed by atoms with van der Waals surface area (Å²) >= 11 is 0. The van der Waals surface area contributed by atoms with Crippen LogP contribution < -0.4 is 0 Å². The third-order valence-electron chi connectivity index (χ3n) is 6.03.